The molecule has 1 atom stereocenters. The number of fused-ring (bicyclic) bond motifs is 1. The fraction of sp³-hybridized carbons (Fsp3) is 0.368. The van der Waals surface area contributed by atoms with E-state index in [-0.39, 0.29) is 24.3 Å². The highest BCUT2D eigenvalue weighted by molar-refractivity contribution is 5.92. The monoisotopic (exact) mass is 368 g/mol. The van der Waals surface area contributed by atoms with Gasteiger partial charge in [-0.05, 0) is 37.0 Å². The molecule has 1 amide bonds. The average molecular weight is 368 g/mol. The minimum Gasteiger partial charge on any atom is -0.436 e. The van der Waals surface area contributed by atoms with Crippen LogP contribution in [0.3, 0.4) is 0 Å². The molecule has 27 heavy (non-hydrogen) atoms. The molecule has 0 spiro atoms. The van der Waals surface area contributed by atoms with Gasteiger partial charge in [0.2, 0.25) is 11.6 Å². The van der Waals surface area contributed by atoms with Crippen LogP contribution in [0.15, 0.2) is 27.1 Å². The summed E-state index contributed by atoms with van der Waals surface area (Å²) < 4.78 is 15.6. The molecule has 0 aliphatic heterocycles. The van der Waals surface area contributed by atoms with Crippen molar-refractivity contribution in [2.75, 3.05) is 7.11 Å². The number of rotatable bonds is 5. The quantitative estimate of drug-likeness (QED) is 0.738. The number of nitrogens with zero attached hydrogens (tertiary/aromatic N) is 3. The summed E-state index contributed by atoms with van der Waals surface area (Å²) >= 11 is 0. The molecular weight excluding hydrogens is 348 g/mol. The third kappa shape index (κ3) is 3.35. The lowest BCUT2D eigenvalue weighted by atomic mass is 10.0. The summed E-state index contributed by atoms with van der Waals surface area (Å²) in [7, 11) is 1.58. The van der Waals surface area contributed by atoms with Crippen LogP contribution in [0.5, 0.6) is 0 Å². The van der Waals surface area contributed by atoms with Gasteiger partial charge in [-0.15, -0.1) is 0 Å². The van der Waals surface area contributed by atoms with Crippen LogP contribution in [-0.4, -0.2) is 28.1 Å². The summed E-state index contributed by atoms with van der Waals surface area (Å²) in [5.74, 6) is 1.50. The Kier molecular flexibility index (Phi) is 4.49. The second-order valence-electron chi connectivity index (χ2n) is 6.57. The van der Waals surface area contributed by atoms with Crippen molar-refractivity contribution in [3.63, 3.8) is 0 Å². The Morgan fingerprint density at radius 3 is 2.93 bits per heavy atom. The zero-order valence-corrected chi connectivity index (χ0v) is 15.4. The van der Waals surface area contributed by atoms with Crippen molar-refractivity contribution in [1.82, 2.24) is 20.4 Å². The third-order valence-electron chi connectivity index (χ3n) is 4.63. The number of benzene rings is 1. The zero-order chi connectivity index (χ0) is 19.0. The van der Waals surface area contributed by atoms with E-state index in [0.717, 1.165) is 24.0 Å². The maximum absolute atomic E-state index is 12.5. The third-order valence-corrected chi connectivity index (χ3v) is 4.63. The summed E-state index contributed by atoms with van der Waals surface area (Å²) in [4.78, 5) is 21.0. The molecule has 8 nitrogen and oxygen atoms in total. The van der Waals surface area contributed by atoms with Crippen LogP contribution in [-0.2, 0) is 17.8 Å². The maximum Gasteiger partial charge on any atom is 0.289 e. The van der Waals surface area contributed by atoms with E-state index in [1.54, 1.807) is 21.0 Å². The van der Waals surface area contributed by atoms with Crippen LogP contribution >= 0.6 is 0 Å². The first-order valence-corrected chi connectivity index (χ1v) is 8.74. The zero-order valence-electron chi connectivity index (χ0n) is 15.4. The number of amides is 1. The normalized spacial score (nSPS) is 15.7. The van der Waals surface area contributed by atoms with Gasteiger partial charge in [0.15, 0.2) is 5.89 Å². The van der Waals surface area contributed by atoms with E-state index < -0.39 is 0 Å². The van der Waals surface area contributed by atoms with Gasteiger partial charge in [-0.3, -0.25) is 4.79 Å². The molecule has 0 fully saturated rings. The van der Waals surface area contributed by atoms with E-state index in [0.29, 0.717) is 23.3 Å². The van der Waals surface area contributed by atoms with Crippen LogP contribution in [0.2, 0.25) is 0 Å². The van der Waals surface area contributed by atoms with Crippen molar-refractivity contribution in [1.29, 1.82) is 0 Å². The first-order valence-electron chi connectivity index (χ1n) is 8.74. The molecule has 4 rings (SSSR count). The van der Waals surface area contributed by atoms with Gasteiger partial charge in [0.25, 0.3) is 11.8 Å². The number of ether oxygens (including phenoxy) is 1. The summed E-state index contributed by atoms with van der Waals surface area (Å²) in [6.07, 6.45) is 1.70. The van der Waals surface area contributed by atoms with Gasteiger partial charge >= 0.3 is 0 Å². The number of methoxy groups -OCH3 is 1. The highest BCUT2D eigenvalue weighted by Crippen LogP contribution is 2.34. The SMILES string of the molecule is COCc1nc(-c2ccc3c(c2)CCC3NC(=O)c2oc(C)nc2C)no1. The lowest BCUT2D eigenvalue weighted by Gasteiger charge is -2.13. The van der Waals surface area contributed by atoms with Crippen LogP contribution in [0, 0.1) is 13.8 Å². The Morgan fingerprint density at radius 1 is 1.33 bits per heavy atom. The van der Waals surface area contributed by atoms with E-state index in [9.17, 15) is 4.79 Å². The van der Waals surface area contributed by atoms with Gasteiger partial charge in [-0.1, -0.05) is 17.3 Å². The van der Waals surface area contributed by atoms with E-state index in [1.807, 2.05) is 18.2 Å². The highest BCUT2D eigenvalue weighted by Gasteiger charge is 2.27. The van der Waals surface area contributed by atoms with Crippen molar-refractivity contribution in [2.45, 2.75) is 39.3 Å². The molecule has 8 heteroatoms. The Bertz CT molecular complexity index is 992. The summed E-state index contributed by atoms with van der Waals surface area (Å²) in [5, 5.41) is 7.04. The standard InChI is InChI=1S/C19H20N4O4/c1-10-17(26-11(2)20-10)19(24)21-15-7-5-12-8-13(4-6-14(12)15)18-22-16(9-25-3)27-23-18/h4,6,8,15H,5,7,9H2,1-3H3,(H,21,24). The molecule has 0 saturated carbocycles. The molecule has 0 saturated heterocycles. The van der Waals surface area contributed by atoms with Crippen LogP contribution in [0.4, 0.5) is 0 Å². The largest absolute Gasteiger partial charge is 0.436 e. The summed E-state index contributed by atoms with van der Waals surface area (Å²) in [6.45, 7) is 3.78. The van der Waals surface area contributed by atoms with Gasteiger partial charge in [0.05, 0.1) is 11.7 Å². The van der Waals surface area contributed by atoms with Gasteiger partial charge in [0.1, 0.15) is 6.61 Å². The number of aromatic nitrogens is 3. The van der Waals surface area contributed by atoms with E-state index in [4.69, 9.17) is 13.7 Å². The van der Waals surface area contributed by atoms with Gasteiger partial charge in [0, 0.05) is 19.6 Å². The van der Waals surface area contributed by atoms with Crippen molar-refractivity contribution < 1.29 is 18.5 Å². The topological polar surface area (TPSA) is 103 Å². The number of hydrogen-bond donors (Lipinski definition) is 1. The smallest absolute Gasteiger partial charge is 0.289 e. The van der Waals surface area contributed by atoms with E-state index >= 15 is 0 Å². The minimum atomic E-state index is -0.239. The van der Waals surface area contributed by atoms with Crippen LogP contribution in [0.25, 0.3) is 11.4 Å². The molecule has 3 aromatic rings. The van der Waals surface area contributed by atoms with Gasteiger partial charge in [-0.25, -0.2) is 4.98 Å². The average Bonchev–Trinajstić information content (AvgIpc) is 3.34. The molecule has 0 bridgehead atoms. The molecular formula is C19H20N4O4. The molecule has 1 aliphatic carbocycles. The van der Waals surface area contributed by atoms with Gasteiger partial charge < -0.3 is 19.0 Å². The van der Waals surface area contributed by atoms with E-state index in [2.05, 4.69) is 20.4 Å². The molecule has 1 unspecified atom stereocenters. The van der Waals surface area contributed by atoms with Crippen molar-refractivity contribution in [3.05, 3.63) is 52.6 Å². The summed E-state index contributed by atoms with van der Waals surface area (Å²) in [6, 6.07) is 5.94. The second-order valence-corrected chi connectivity index (χ2v) is 6.57. The number of carbonyl (C=O) groups is 1. The van der Waals surface area contributed by atoms with E-state index in [1.165, 1.54) is 5.56 Å². The molecule has 140 valence electrons. The van der Waals surface area contributed by atoms with Crippen LogP contribution < -0.4 is 5.32 Å². The predicted octanol–water partition coefficient (Wildman–Crippen LogP) is 2.91. The molecule has 2 aromatic heterocycles. The fourth-order valence-electron chi connectivity index (χ4n) is 3.43. The number of hydrogen-bond acceptors (Lipinski definition) is 7. The van der Waals surface area contributed by atoms with Crippen LogP contribution in [0.1, 0.15) is 51.6 Å². The number of oxazole rings is 1. The molecule has 1 aliphatic rings. The Morgan fingerprint density at radius 2 is 2.19 bits per heavy atom. The Hall–Kier alpha value is -3.00. The number of carbonyl (C=O) groups excluding carboxylic acids is 1. The molecule has 0 radical (unpaired) electrons. The Balaban J connectivity index is 1.52. The Labute approximate surface area is 155 Å². The number of nitrogens with one attached hydrogen (secondary N) is 1. The first kappa shape index (κ1) is 17.4. The predicted molar refractivity (Wildman–Crippen MR) is 95.0 cm³/mol. The lowest BCUT2D eigenvalue weighted by molar-refractivity contribution is 0.0906. The lowest BCUT2D eigenvalue weighted by Crippen LogP contribution is -2.27. The maximum atomic E-state index is 12.5. The second kappa shape index (κ2) is 6.96. The first-order chi connectivity index (χ1) is 13.0. The fourth-order valence-corrected chi connectivity index (χ4v) is 3.43. The molecule has 1 N–H and O–H groups in total. The summed E-state index contributed by atoms with van der Waals surface area (Å²) in [5.41, 5.74) is 3.75. The van der Waals surface area contributed by atoms with Gasteiger partial charge in [-0.2, -0.15) is 4.98 Å². The molecule has 2 heterocycles. The van der Waals surface area contributed by atoms with Crippen molar-refractivity contribution in [2.24, 2.45) is 0 Å². The molecule has 1 aromatic carbocycles. The minimum absolute atomic E-state index is 0.0549. The van der Waals surface area contributed by atoms with Crippen molar-refractivity contribution >= 4 is 5.91 Å². The number of aryl methyl sites for hydroxylation is 3. The van der Waals surface area contributed by atoms with Crippen molar-refractivity contribution in [3.8, 4) is 11.4 Å². The highest BCUT2D eigenvalue weighted by atomic mass is 16.5.